The summed E-state index contributed by atoms with van der Waals surface area (Å²) in [5.74, 6) is -0.190. The highest BCUT2D eigenvalue weighted by molar-refractivity contribution is 7.13. The van der Waals surface area contributed by atoms with Gasteiger partial charge in [0.2, 0.25) is 0 Å². The zero-order chi connectivity index (χ0) is 17.0. The number of rotatable bonds is 3. The third-order valence-corrected chi connectivity index (χ3v) is 4.42. The Kier molecular flexibility index (Phi) is 5.00. The highest BCUT2D eigenvalue weighted by atomic mass is 32.1. The van der Waals surface area contributed by atoms with Crippen LogP contribution in [0.15, 0.2) is 30.5 Å². The standard InChI is InChI=1S/C16H20N4O2S/c1-16(2,3)14-18-9-12(23-14)13(21)19-10-5-7-11(8-6-10)20-15(22)17-4/h5-9H,1-4H3,(H,19,21)(H2,17,20,22). The largest absolute Gasteiger partial charge is 0.341 e. The summed E-state index contributed by atoms with van der Waals surface area (Å²) in [5, 5.41) is 8.87. The molecule has 2 rings (SSSR count). The number of carbonyl (C=O) groups is 2. The number of thiazole rings is 1. The van der Waals surface area contributed by atoms with Crippen molar-refractivity contribution in [3.63, 3.8) is 0 Å². The van der Waals surface area contributed by atoms with E-state index in [4.69, 9.17) is 0 Å². The summed E-state index contributed by atoms with van der Waals surface area (Å²) in [6.45, 7) is 6.18. The number of aromatic nitrogens is 1. The lowest BCUT2D eigenvalue weighted by Gasteiger charge is -2.13. The number of hydrogen-bond acceptors (Lipinski definition) is 4. The van der Waals surface area contributed by atoms with E-state index in [1.54, 1.807) is 37.5 Å². The lowest BCUT2D eigenvalue weighted by Crippen LogP contribution is -2.24. The number of benzene rings is 1. The zero-order valence-electron chi connectivity index (χ0n) is 13.6. The minimum atomic E-state index is -0.291. The van der Waals surface area contributed by atoms with Crippen molar-refractivity contribution in [1.82, 2.24) is 10.3 Å². The summed E-state index contributed by atoms with van der Waals surface area (Å²) in [6.07, 6.45) is 1.60. The van der Waals surface area contributed by atoms with Crippen molar-refractivity contribution < 1.29 is 9.59 Å². The van der Waals surface area contributed by atoms with Gasteiger partial charge in [-0.15, -0.1) is 11.3 Å². The normalized spacial score (nSPS) is 11.0. The first-order valence-corrected chi connectivity index (χ1v) is 7.97. The smallest absolute Gasteiger partial charge is 0.318 e. The van der Waals surface area contributed by atoms with Gasteiger partial charge in [-0.05, 0) is 24.3 Å². The molecule has 0 bridgehead atoms. The van der Waals surface area contributed by atoms with Crippen molar-refractivity contribution in [2.24, 2.45) is 0 Å². The molecule has 0 fully saturated rings. The van der Waals surface area contributed by atoms with Gasteiger partial charge in [-0.3, -0.25) is 4.79 Å². The van der Waals surface area contributed by atoms with Crippen LogP contribution in [0.25, 0.3) is 0 Å². The maximum absolute atomic E-state index is 12.2. The molecule has 0 unspecified atom stereocenters. The van der Waals surface area contributed by atoms with Crippen LogP contribution in [0.1, 0.15) is 35.5 Å². The van der Waals surface area contributed by atoms with Crippen LogP contribution in [0.5, 0.6) is 0 Å². The maximum atomic E-state index is 12.2. The van der Waals surface area contributed by atoms with Crippen molar-refractivity contribution in [1.29, 1.82) is 0 Å². The predicted molar refractivity (Wildman–Crippen MR) is 93.3 cm³/mol. The molecule has 23 heavy (non-hydrogen) atoms. The van der Waals surface area contributed by atoms with E-state index in [1.807, 2.05) is 0 Å². The third-order valence-electron chi connectivity index (χ3n) is 3.00. The molecule has 7 heteroatoms. The Morgan fingerprint density at radius 1 is 1.04 bits per heavy atom. The fourth-order valence-electron chi connectivity index (χ4n) is 1.75. The molecule has 3 amide bonds. The van der Waals surface area contributed by atoms with E-state index < -0.39 is 0 Å². The van der Waals surface area contributed by atoms with E-state index >= 15 is 0 Å². The van der Waals surface area contributed by atoms with Gasteiger partial charge in [-0.2, -0.15) is 0 Å². The predicted octanol–water partition coefficient (Wildman–Crippen LogP) is 3.44. The Hall–Kier alpha value is -2.41. The van der Waals surface area contributed by atoms with Crippen LogP contribution < -0.4 is 16.0 Å². The van der Waals surface area contributed by atoms with E-state index in [2.05, 4.69) is 41.7 Å². The molecule has 1 aromatic heterocycles. The molecule has 1 aromatic carbocycles. The number of hydrogen-bond donors (Lipinski definition) is 3. The maximum Gasteiger partial charge on any atom is 0.318 e. The Bertz CT molecular complexity index is 702. The molecule has 0 aliphatic carbocycles. The molecule has 2 aromatic rings. The summed E-state index contributed by atoms with van der Waals surface area (Å²) in [5.41, 5.74) is 1.23. The van der Waals surface area contributed by atoms with E-state index in [1.165, 1.54) is 11.3 Å². The highest BCUT2D eigenvalue weighted by Crippen LogP contribution is 2.27. The van der Waals surface area contributed by atoms with Gasteiger partial charge in [0, 0.05) is 23.8 Å². The van der Waals surface area contributed by atoms with E-state index in [0.29, 0.717) is 16.3 Å². The second kappa shape index (κ2) is 6.78. The number of carbonyl (C=O) groups excluding carboxylic acids is 2. The molecule has 0 aliphatic heterocycles. The van der Waals surface area contributed by atoms with Crippen LogP contribution in [0.3, 0.4) is 0 Å². The molecule has 0 aliphatic rings. The van der Waals surface area contributed by atoms with Gasteiger partial charge in [0.05, 0.1) is 11.2 Å². The summed E-state index contributed by atoms with van der Waals surface area (Å²) in [6, 6.07) is 6.61. The molecule has 6 nitrogen and oxygen atoms in total. The monoisotopic (exact) mass is 332 g/mol. The van der Waals surface area contributed by atoms with Crippen molar-refractivity contribution in [2.45, 2.75) is 26.2 Å². The van der Waals surface area contributed by atoms with Gasteiger partial charge >= 0.3 is 6.03 Å². The number of amides is 3. The molecule has 0 atom stereocenters. The number of nitrogens with zero attached hydrogens (tertiary/aromatic N) is 1. The van der Waals surface area contributed by atoms with Gasteiger partial charge in [0.1, 0.15) is 4.88 Å². The number of urea groups is 1. The first-order chi connectivity index (χ1) is 10.8. The molecular weight excluding hydrogens is 312 g/mol. The second-order valence-electron chi connectivity index (χ2n) is 6.02. The summed E-state index contributed by atoms with van der Waals surface area (Å²) in [4.78, 5) is 28.3. The third kappa shape index (κ3) is 4.53. The average molecular weight is 332 g/mol. The number of anilines is 2. The Balaban J connectivity index is 2.03. The van der Waals surface area contributed by atoms with Crippen molar-refractivity contribution >= 4 is 34.6 Å². The topological polar surface area (TPSA) is 83.1 Å². The Morgan fingerprint density at radius 2 is 1.61 bits per heavy atom. The van der Waals surface area contributed by atoms with E-state index in [-0.39, 0.29) is 17.4 Å². The van der Waals surface area contributed by atoms with Crippen LogP contribution >= 0.6 is 11.3 Å². The minimum absolute atomic E-state index is 0.0731. The number of nitrogens with one attached hydrogen (secondary N) is 3. The van der Waals surface area contributed by atoms with Gasteiger partial charge < -0.3 is 16.0 Å². The minimum Gasteiger partial charge on any atom is -0.341 e. The van der Waals surface area contributed by atoms with Crippen molar-refractivity contribution in [3.8, 4) is 0 Å². The van der Waals surface area contributed by atoms with Crippen molar-refractivity contribution in [2.75, 3.05) is 17.7 Å². The summed E-state index contributed by atoms with van der Waals surface area (Å²) >= 11 is 1.39. The summed E-state index contributed by atoms with van der Waals surface area (Å²) < 4.78 is 0. The molecule has 0 radical (unpaired) electrons. The Labute approximate surface area is 139 Å². The zero-order valence-corrected chi connectivity index (χ0v) is 14.4. The lowest BCUT2D eigenvalue weighted by molar-refractivity contribution is 0.103. The molecule has 1 heterocycles. The van der Waals surface area contributed by atoms with Crippen LogP contribution in [0, 0.1) is 0 Å². The van der Waals surface area contributed by atoms with Crippen LogP contribution in [0.4, 0.5) is 16.2 Å². The molecular formula is C16H20N4O2S. The average Bonchev–Trinajstić information content (AvgIpc) is 2.99. The van der Waals surface area contributed by atoms with Crippen molar-refractivity contribution in [3.05, 3.63) is 40.3 Å². The lowest BCUT2D eigenvalue weighted by atomic mass is 9.98. The van der Waals surface area contributed by atoms with Gasteiger partial charge in [0.25, 0.3) is 5.91 Å². The van der Waals surface area contributed by atoms with Crippen LogP contribution in [0.2, 0.25) is 0 Å². The molecule has 0 saturated carbocycles. The quantitative estimate of drug-likeness (QED) is 0.805. The first-order valence-electron chi connectivity index (χ1n) is 7.16. The van der Waals surface area contributed by atoms with Gasteiger partial charge in [0.15, 0.2) is 0 Å². The second-order valence-corrected chi connectivity index (χ2v) is 7.05. The molecule has 122 valence electrons. The van der Waals surface area contributed by atoms with Crippen LogP contribution in [-0.4, -0.2) is 24.0 Å². The SMILES string of the molecule is CNC(=O)Nc1ccc(NC(=O)c2cnc(C(C)(C)C)s2)cc1. The van der Waals surface area contributed by atoms with Crippen LogP contribution in [-0.2, 0) is 5.41 Å². The highest BCUT2D eigenvalue weighted by Gasteiger charge is 2.20. The van der Waals surface area contributed by atoms with E-state index in [9.17, 15) is 9.59 Å². The summed E-state index contributed by atoms with van der Waals surface area (Å²) in [7, 11) is 1.55. The molecule has 0 saturated heterocycles. The van der Waals surface area contributed by atoms with Gasteiger partial charge in [-0.25, -0.2) is 9.78 Å². The fourth-order valence-corrected chi connectivity index (χ4v) is 2.62. The fraction of sp³-hybridized carbons (Fsp3) is 0.312. The van der Waals surface area contributed by atoms with Gasteiger partial charge in [-0.1, -0.05) is 20.8 Å². The molecule has 0 spiro atoms. The van der Waals surface area contributed by atoms with E-state index in [0.717, 1.165) is 5.01 Å². The molecule has 3 N–H and O–H groups in total. The first kappa shape index (κ1) is 17.0. The Morgan fingerprint density at radius 3 is 2.09 bits per heavy atom.